The number of benzene rings is 1. The molecule has 2 unspecified atom stereocenters. The summed E-state index contributed by atoms with van der Waals surface area (Å²) in [5.41, 5.74) is 2.08. The molecule has 3 heterocycles. The lowest BCUT2D eigenvalue weighted by atomic mass is 9.83. The molecule has 33 heavy (non-hydrogen) atoms. The molecule has 1 aromatic heterocycles. The van der Waals surface area contributed by atoms with Gasteiger partial charge in [-0.3, -0.25) is 14.4 Å². The second-order valence-corrected chi connectivity index (χ2v) is 8.79. The number of nitrogens with zero attached hydrogens (tertiary/aromatic N) is 2. The number of aromatic nitrogens is 1. The van der Waals surface area contributed by atoms with Gasteiger partial charge < -0.3 is 24.3 Å². The van der Waals surface area contributed by atoms with Crippen molar-refractivity contribution in [2.24, 2.45) is 5.92 Å². The van der Waals surface area contributed by atoms with Crippen LogP contribution in [0.5, 0.6) is 11.5 Å². The fraction of sp³-hybridized carbons (Fsp3) is 0.480. The van der Waals surface area contributed by atoms with Crippen molar-refractivity contribution in [3.8, 4) is 11.5 Å². The summed E-state index contributed by atoms with van der Waals surface area (Å²) in [6, 6.07) is 11.1. The molecule has 1 saturated heterocycles. The predicted octanol–water partition coefficient (Wildman–Crippen LogP) is 1.95. The smallest absolute Gasteiger partial charge is 0.250 e. The molecule has 2 bridgehead atoms. The van der Waals surface area contributed by atoms with Crippen LogP contribution in [0.3, 0.4) is 0 Å². The highest BCUT2D eigenvalue weighted by atomic mass is 16.5. The number of piperidine rings is 1. The first kappa shape index (κ1) is 22.9. The topological polar surface area (TPSA) is 89.9 Å². The van der Waals surface area contributed by atoms with E-state index in [1.165, 1.54) is 0 Å². The molecule has 1 N–H and O–H groups in total. The number of methoxy groups -OCH3 is 2. The molecule has 0 radical (unpaired) electrons. The number of likely N-dealkylation sites (tertiary alicyclic amines) is 1. The van der Waals surface area contributed by atoms with Crippen LogP contribution >= 0.6 is 0 Å². The van der Waals surface area contributed by atoms with Gasteiger partial charge in [0.05, 0.1) is 14.2 Å². The number of hydrogen-bond acceptors (Lipinski definition) is 5. The summed E-state index contributed by atoms with van der Waals surface area (Å²) in [5, 5.41) is 2.89. The summed E-state index contributed by atoms with van der Waals surface area (Å²) in [7, 11) is 3.18. The van der Waals surface area contributed by atoms with Gasteiger partial charge in [0.15, 0.2) is 11.5 Å². The van der Waals surface area contributed by atoms with Crippen molar-refractivity contribution in [2.75, 3.05) is 33.9 Å². The van der Waals surface area contributed by atoms with E-state index in [0.717, 1.165) is 17.7 Å². The standard InChI is InChI=1S/C25H31N3O5/c1-32-21-7-6-17(13-22(21)33-2)10-11-26-23(29)8-9-24(30)27-14-18-12-19(16-27)20-4-3-5-25(31)28(20)15-18/h3-7,13,18-19H,8-12,14-16H2,1-2H3,(H,26,29). The number of carbonyl (C=O) groups is 2. The van der Waals surface area contributed by atoms with Crippen LogP contribution in [-0.4, -0.2) is 55.1 Å². The minimum absolute atomic E-state index is 0.00599. The number of rotatable bonds is 8. The third-order valence-electron chi connectivity index (χ3n) is 6.58. The zero-order chi connectivity index (χ0) is 23.4. The third kappa shape index (κ3) is 5.21. The second-order valence-electron chi connectivity index (χ2n) is 8.79. The average molecular weight is 454 g/mol. The Morgan fingerprint density at radius 2 is 1.85 bits per heavy atom. The molecule has 0 aliphatic carbocycles. The zero-order valence-electron chi connectivity index (χ0n) is 19.2. The van der Waals surface area contributed by atoms with Crippen LogP contribution in [0.15, 0.2) is 41.2 Å². The average Bonchev–Trinajstić information content (AvgIpc) is 2.83. The lowest BCUT2D eigenvalue weighted by Gasteiger charge is -2.42. The highest BCUT2D eigenvalue weighted by Crippen LogP contribution is 2.35. The Kier molecular flexibility index (Phi) is 7.01. The summed E-state index contributed by atoms with van der Waals surface area (Å²) in [5.74, 6) is 1.68. The van der Waals surface area contributed by atoms with Crippen molar-refractivity contribution >= 4 is 11.8 Å². The number of fused-ring (bicyclic) bond motifs is 4. The van der Waals surface area contributed by atoms with Crippen molar-refractivity contribution in [1.82, 2.24) is 14.8 Å². The van der Waals surface area contributed by atoms with Crippen LogP contribution in [0.4, 0.5) is 0 Å². The zero-order valence-corrected chi connectivity index (χ0v) is 19.2. The van der Waals surface area contributed by atoms with E-state index in [-0.39, 0.29) is 42.1 Å². The molecule has 4 rings (SSSR count). The van der Waals surface area contributed by atoms with E-state index in [1.54, 1.807) is 26.4 Å². The van der Waals surface area contributed by atoms with Gasteiger partial charge in [-0.15, -0.1) is 0 Å². The number of amides is 2. The Labute approximate surface area is 193 Å². The van der Waals surface area contributed by atoms with Gasteiger partial charge in [-0.05, 0) is 42.5 Å². The largest absolute Gasteiger partial charge is 0.493 e. The predicted molar refractivity (Wildman–Crippen MR) is 124 cm³/mol. The quantitative estimate of drug-likeness (QED) is 0.660. The van der Waals surface area contributed by atoms with Gasteiger partial charge in [0.25, 0.3) is 5.56 Å². The monoisotopic (exact) mass is 453 g/mol. The van der Waals surface area contributed by atoms with Gasteiger partial charge in [0, 0.05) is 56.7 Å². The van der Waals surface area contributed by atoms with Crippen LogP contribution in [-0.2, 0) is 22.6 Å². The lowest BCUT2D eigenvalue weighted by molar-refractivity contribution is -0.136. The molecule has 0 saturated carbocycles. The summed E-state index contributed by atoms with van der Waals surface area (Å²) in [6.45, 7) is 2.41. The number of carbonyl (C=O) groups excluding carboxylic acids is 2. The summed E-state index contributed by atoms with van der Waals surface area (Å²) in [6.07, 6.45) is 2.04. The minimum atomic E-state index is -0.127. The van der Waals surface area contributed by atoms with Crippen molar-refractivity contribution in [1.29, 1.82) is 0 Å². The Hall–Kier alpha value is -3.29. The van der Waals surface area contributed by atoms with Crippen LogP contribution < -0.4 is 20.3 Å². The summed E-state index contributed by atoms with van der Waals surface area (Å²) < 4.78 is 12.4. The van der Waals surface area contributed by atoms with E-state index in [1.807, 2.05) is 33.7 Å². The fourth-order valence-corrected chi connectivity index (χ4v) is 4.95. The number of pyridine rings is 1. The number of ether oxygens (including phenoxy) is 2. The molecule has 2 atom stereocenters. The Balaban J connectivity index is 1.23. The Morgan fingerprint density at radius 3 is 2.64 bits per heavy atom. The summed E-state index contributed by atoms with van der Waals surface area (Å²) >= 11 is 0. The molecule has 1 fully saturated rings. The van der Waals surface area contributed by atoms with Gasteiger partial charge in [-0.25, -0.2) is 0 Å². The van der Waals surface area contributed by atoms with Crippen molar-refractivity contribution < 1.29 is 19.1 Å². The normalized spacial score (nSPS) is 18.9. The maximum atomic E-state index is 12.8. The first-order valence-corrected chi connectivity index (χ1v) is 11.4. The molecule has 1 aromatic carbocycles. The van der Waals surface area contributed by atoms with Crippen LogP contribution in [0.25, 0.3) is 0 Å². The van der Waals surface area contributed by atoms with E-state index in [0.29, 0.717) is 44.1 Å². The maximum absolute atomic E-state index is 12.8. The molecule has 2 aromatic rings. The minimum Gasteiger partial charge on any atom is -0.493 e. The van der Waals surface area contributed by atoms with Crippen molar-refractivity contribution in [3.63, 3.8) is 0 Å². The molecular formula is C25H31N3O5. The van der Waals surface area contributed by atoms with Crippen LogP contribution in [0.2, 0.25) is 0 Å². The maximum Gasteiger partial charge on any atom is 0.250 e. The molecular weight excluding hydrogens is 422 g/mol. The molecule has 2 aliphatic heterocycles. The van der Waals surface area contributed by atoms with Crippen molar-refractivity contribution in [2.45, 2.75) is 38.1 Å². The SMILES string of the molecule is COc1ccc(CCNC(=O)CCC(=O)N2CC3CC(C2)c2cccc(=O)n2C3)cc1OC. The van der Waals surface area contributed by atoms with Gasteiger partial charge >= 0.3 is 0 Å². The van der Waals surface area contributed by atoms with E-state index in [2.05, 4.69) is 5.32 Å². The second kappa shape index (κ2) is 10.1. The molecule has 8 heteroatoms. The third-order valence-corrected chi connectivity index (χ3v) is 6.58. The van der Waals surface area contributed by atoms with E-state index in [9.17, 15) is 14.4 Å². The van der Waals surface area contributed by atoms with Crippen molar-refractivity contribution in [3.05, 3.63) is 58.0 Å². The first-order valence-electron chi connectivity index (χ1n) is 11.4. The molecule has 2 aliphatic rings. The van der Waals surface area contributed by atoms with E-state index in [4.69, 9.17) is 9.47 Å². The molecule has 2 amide bonds. The Bertz CT molecular complexity index is 1080. The number of hydrogen-bond donors (Lipinski definition) is 1. The van der Waals surface area contributed by atoms with E-state index < -0.39 is 0 Å². The van der Waals surface area contributed by atoms with Gasteiger partial charge in [0.2, 0.25) is 11.8 Å². The van der Waals surface area contributed by atoms with Gasteiger partial charge in [-0.1, -0.05) is 12.1 Å². The summed E-state index contributed by atoms with van der Waals surface area (Å²) in [4.78, 5) is 39.1. The van der Waals surface area contributed by atoms with Crippen LogP contribution in [0.1, 0.15) is 36.4 Å². The highest BCUT2D eigenvalue weighted by molar-refractivity contribution is 5.83. The first-order chi connectivity index (χ1) is 16.0. The van der Waals surface area contributed by atoms with Crippen LogP contribution in [0, 0.1) is 5.92 Å². The highest BCUT2D eigenvalue weighted by Gasteiger charge is 2.36. The fourth-order valence-electron chi connectivity index (χ4n) is 4.95. The van der Waals surface area contributed by atoms with Gasteiger partial charge in [-0.2, -0.15) is 0 Å². The molecule has 0 spiro atoms. The Morgan fingerprint density at radius 1 is 1.03 bits per heavy atom. The molecule has 176 valence electrons. The number of nitrogens with one attached hydrogen (secondary N) is 1. The van der Waals surface area contributed by atoms with Gasteiger partial charge in [0.1, 0.15) is 0 Å². The lowest BCUT2D eigenvalue weighted by Crippen LogP contribution is -2.49. The van der Waals surface area contributed by atoms with E-state index >= 15 is 0 Å². The molecule has 8 nitrogen and oxygen atoms in total.